The van der Waals surface area contributed by atoms with Crippen LogP contribution in [0.1, 0.15) is 11.5 Å². The summed E-state index contributed by atoms with van der Waals surface area (Å²) < 4.78 is 22.8. The number of carbonyl (C=O) groups is 1. The van der Waals surface area contributed by atoms with Crippen LogP contribution in [0.5, 0.6) is 17.2 Å². The van der Waals surface area contributed by atoms with Crippen molar-refractivity contribution in [1.82, 2.24) is 10.2 Å². The quantitative estimate of drug-likeness (QED) is 0.472. The van der Waals surface area contributed by atoms with E-state index < -0.39 is 6.10 Å². The average Bonchev–Trinajstić information content (AvgIpc) is 3.32. The van der Waals surface area contributed by atoms with Gasteiger partial charge in [0, 0.05) is 11.3 Å². The minimum Gasteiger partial charge on any atom is -0.485 e. The fraction of sp³-hybridized carbons (Fsp3) is 0.160. The summed E-state index contributed by atoms with van der Waals surface area (Å²) >= 11 is 0. The lowest BCUT2D eigenvalue weighted by atomic mass is 10.1. The van der Waals surface area contributed by atoms with E-state index in [4.69, 9.17) is 18.6 Å². The average molecular weight is 443 g/mol. The first-order valence-corrected chi connectivity index (χ1v) is 10.5. The van der Waals surface area contributed by atoms with E-state index in [9.17, 15) is 4.79 Å². The van der Waals surface area contributed by atoms with Gasteiger partial charge in [-0.1, -0.05) is 30.3 Å². The van der Waals surface area contributed by atoms with E-state index in [-0.39, 0.29) is 19.1 Å². The van der Waals surface area contributed by atoms with Crippen molar-refractivity contribution >= 4 is 11.6 Å². The number of nitrogens with zero attached hydrogens (tertiary/aromatic N) is 2. The van der Waals surface area contributed by atoms with Crippen molar-refractivity contribution in [2.75, 3.05) is 11.9 Å². The Morgan fingerprint density at radius 2 is 1.76 bits per heavy atom. The Morgan fingerprint density at radius 3 is 2.58 bits per heavy atom. The largest absolute Gasteiger partial charge is 0.485 e. The summed E-state index contributed by atoms with van der Waals surface area (Å²) in [6, 6.07) is 22.1. The maximum atomic E-state index is 12.5. The number of anilines is 1. The van der Waals surface area contributed by atoms with Crippen LogP contribution in [0, 0.1) is 6.92 Å². The number of benzene rings is 3. The topological polar surface area (TPSA) is 95.7 Å². The van der Waals surface area contributed by atoms with Crippen molar-refractivity contribution in [2.24, 2.45) is 0 Å². The molecule has 0 spiro atoms. The third kappa shape index (κ3) is 4.64. The van der Waals surface area contributed by atoms with Crippen molar-refractivity contribution in [2.45, 2.75) is 19.6 Å². The summed E-state index contributed by atoms with van der Waals surface area (Å²) in [5, 5.41) is 11.0. The van der Waals surface area contributed by atoms with Crippen LogP contribution in [-0.4, -0.2) is 28.8 Å². The molecule has 1 atom stereocenters. The summed E-state index contributed by atoms with van der Waals surface area (Å²) in [6.07, 6.45) is -0.726. The molecule has 0 bridgehead atoms. The molecule has 33 heavy (non-hydrogen) atoms. The van der Waals surface area contributed by atoms with E-state index in [2.05, 4.69) is 15.5 Å². The number of nitrogens with one attached hydrogen (secondary N) is 1. The standard InChI is InChI=1S/C25H21N3O5/c1-16-6-2-3-7-19(16)25-28-27-23(33-25)15-30-18-12-10-17(11-13-18)26-24(29)22-14-31-20-8-4-5-9-21(20)32-22/h2-13,22H,14-15H2,1H3,(H,26,29). The fourth-order valence-electron chi connectivity index (χ4n) is 3.38. The number of hydrogen-bond donors (Lipinski definition) is 1. The predicted molar refractivity (Wildman–Crippen MR) is 120 cm³/mol. The summed E-state index contributed by atoms with van der Waals surface area (Å²) in [5.41, 5.74) is 2.57. The molecule has 0 saturated carbocycles. The highest BCUT2D eigenvalue weighted by Gasteiger charge is 2.27. The molecule has 8 nitrogen and oxygen atoms in total. The molecule has 3 aromatic carbocycles. The van der Waals surface area contributed by atoms with E-state index >= 15 is 0 Å². The molecule has 166 valence electrons. The van der Waals surface area contributed by atoms with Crippen molar-refractivity contribution in [1.29, 1.82) is 0 Å². The highest BCUT2D eigenvalue weighted by Crippen LogP contribution is 2.31. The lowest BCUT2D eigenvalue weighted by Crippen LogP contribution is -2.40. The fourth-order valence-corrected chi connectivity index (χ4v) is 3.38. The number of carbonyl (C=O) groups excluding carboxylic acids is 1. The van der Waals surface area contributed by atoms with E-state index in [1.807, 2.05) is 43.3 Å². The Kier molecular flexibility index (Phi) is 5.63. The highest BCUT2D eigenvalue weighted by molar-refractivity contribution is 5.94. The minimum absolute atomic E-state index is 0.136. The van der Waals surface area contributed by atoms with Crippen molar-refractivity contribution in [3.8, 4) is 28.7 Å². The van der Waals surface area contributed by atoms with Gasteiger partial charge in [0.15, 0.2) is 18.1 Å². The van der Waals surface area contributed by atoms with Gasteiger partial charge < -0.3 is 23.9 Å². The van der Waals surface area contributed by atoms with Crippen LogP contribution in [0.25, 0.3) is 11.5 Å². The lowest BCUT2D eigenvalue weighted by Gasteiger charge is -2.25. The summed E-state index contributed by atoms with van der Waals surface area (Å²) in [4.78, 5) is 12.5. The molecule has 1 aliphatic rings. The number of amides is 1. The maximum Gasteiger partial charge on any atom is 0.269 e. The van der Waals surface area contributed by atoms with Crippen molar-refractivity contribution in [3.63, 3.8) is 0 Å². The third-order valence-electron chi connectivity index (χ3n) is 5.13. The van der Waals surface area contributed by atoms with E-state index in [1.54, 1.807) is 36.4 Å². The Labute approximate surface area is 190 Å². The third-order valence-corrected chi connectivity index (χ3v) is 5.13. The second kappa shape index (κ2) is 9.04. The van der Waals surface area contributed by atoms with E-state index in [0.29, 0.717) is 34.7 Å². The molecule has 0 fully saturated rings. The first-order chi connectivity index (χ1) is 16.2. The number of hydrogen-bond acceptors (Lipinski definition) is 7. The zero-order chi connectivity index (χ0) is 22.6. The molecule has 2 heterocycles. The highest BCUT2D eigenvalue weighted by atomic mass is 16.6. The second-order valence-corrected chi connectivity index (χ2v) is 7.48. The molecule has 1 aliphatic heterocycles. The summed E-state index contributed by atoms with van der Waals surface area (Å²) in [5.74, 6) is 2.35. The lowest BCUT2D eigenvalue weighted by molar-refractivity contribution is -0.125. The monoisotopic (exact) mass is 443 g/mol. The molecule has 1 N–H and O–H groups in total. The predicted octanol–water partition coefficient (Wildman–Crippen LogP) is 4.40. The number of fused-ring (bicyclic) bond motifs is 1. The molecule has 0 aliphatic carbocycles. The van der Waals surface area contributed by atoms with Crippen LogP contribution in [0.2, 0.25) is 0 Å². The zero-order valence-corrected chi connectivity index (χ0v) is 17.9. The summed E-state index contributed by atoms with van der Waals surface area (Å²) in [6.45, 7) is 2.28. The van der Waals surface area contributed by atoms with Gasteiger partial charge >= 0.3 is 0 Å². The van der Waals surface area contributed by atoms with Gasteiger partial charge in [-0.15, -0.1) is 10.2 Å². The van der Waals surface area contributed by atoms with Crippen LogP contribution in [0.3, 0.4) is 0 Å². The van der Waals surface area contributed by atoms with Gasteiger partial charge in [0.1, 0.15) is 12.4 Å². The van der Waals surface area contributed by atoms with Gasteiger partial charge in [0.25, 0.3) is 11.8 Å². The normalized spacial score (nSPS) is 14.5. The van der Waals surface area contributed by atoms with Crippen LogP contribution >= 0.6 is 0 Å². The number of ether oxygens (including phenoxy) is 3. The molecule has 0 radical (unpaired) electrons. The van der Waals surface area contributed by atoms with Crippen LogP contribution < -0.4 is 19.5 Å². The summed E-state index contributed by atoms with van der Waals surface area (Å²) in [7, 11) is 0. The van der Waals surface area contributed by atoms with Gasteiger partial charge in [-0.3, -0.25) is 4.79 Å². The second-order valence-electron chi connectivity index (χ2n) is 7.48. The Bertz CT molecular complexity index is 1270. The number of rotatable bonds is 6. The minimum atomic E-state index is -0.726. The van der Waals surface area contributed by atoms with Gasteiger partial charge in [-0.2, -0.15) is 0 Å². The van der Waals surface area contributed by atoms with E-state index in [0.717, 1.165) is 11.1 Å². The van der Waals surface area contributed by atoms with Gasteiger partial charge in [-0.25, -0.2) is 0 Å². The van der Waals surface area contributed by atoms with Crippen molar-refractivity contribution < 1.29 is 23.4 Å². The van der Waals surface area contributed by atoms with Crippen LogP contribution in [0.15, 0.2) is 77.2 Å². The first kappa shape index (κ1) is 20.6. The number of aryl methyl sites for hydroxylation is 1. The molecule has 8 heteroatoms. The molecule has 1 amide bonds. The maximum absolute atomic E-state index is 12.5. The Hall–Kier alpha value is -4.33. The molecule has 0 saturated heterocycles. The molecule has 1 unspecified atom stereocenters. The molecule has 4 aromatic rings. The number of para-hydroxylation sites is 2. The van der Waals surface area contributed by atoms with Crippen LogP contribution in [-0.2, 0) is 11.4 Å². The molecule has 5 rings (SSSR count). The molecule has 1 aromatic heterocycles. The van der Waals surface area contributed by atoms with E-state index in [1.165, 1.54) is 0 Å². The SMILES string of the molecule is Cc1ccccc1-c1nnc(COc2ccc(NC(=O)C3COc4ccccc4O3)cc2)o1. The zero-order valence-electron chi connectivity index (χ0n) is 17.9. The smallest absolute Gasteiger partial charge is 0.269 e. The first-order valence-electron chi connectivity index (χ1n) is 10.5. The van der Waals surface area contributed by atoms with Crippen LogP contribution in [0.4, 0.5) is 5.69 Å². The molecular formula is C25H21N3O5. The van der Waals surface area contributed by atoms with Gasteiger partial charge in [-0.05, 0) is 55.0 Å². The van der Waals surface area contributed by atoms with Gasteiger partial charge in [0.2, 0.25) is 12.0 Å². The Balaban J connectivity index is 1.15. The Morgan fingerprint density at radius 1 is 1.00 bits per heavy atom. The van der Waals surface area contributed by atoms with Gasteiger partial charge in [0.05, 0.1) is 0 Å². The molecular weight excluding hydrogens is 422 g/mol. The van der Waals surface area contributed by atoms with Crippen molar-refractivity contribution in [3.05, 3.63) is 84.3 Å². The number of aromatic nitrogens is 2.